The summed E-state index contributed by atoms with van der Waals surface area (Å²) in [5.74, 6) is 0. The lowest BCUT2D eigenvalue weighted by atomic mass is 10.1. The summed E-state index contributed by atoms with van der Waals surface area (Å²) in [6, 6.07) is 12.7. The first-order chi connectivity index (χ1) is 12.2. The number of aryl methyl sites for hydroxylation is 1. The van der Waals surface area contributed by atoms with Gasteiger partial charge < -0.3 is 4.90 Å². The molecule has 7 heteroatoms. The number of alkyl halides is 3. The zero-order chi connectivity index (χ0) is 18.9. The molecule has 2 aromatic carbocycles. The number of aromatic nitrogens is 1. The molecule has 0 spiro atoms. The van der Waals surface area contributed by atoms with E-state index in [1.807, 2.05) is 38.2 Å². The fourth-order valence-corrected chi connectivity index (χ4v) is 3.83. The van der Waals surface area contributed by atoms with Gasteiger partial charge in [-0.05, 0) is 37.3 Å². The molecule has 0 saturated carbocycles. The first-order valence-electron chi connectivity index (χ1n) is 7.84. The molecule has 0 aliphatic heterocycles. The van der Waals surface area contributed by atoms with Gasteiger partial charge in [0.2, 0.25) is 0 Å². The summed E-state index contributed by atoms with van der Waals surface area (Å²) >= 11 is 7.52. The Bertz CT molecular complexity index is 904. The Labute approximate surface area is 158 Å². The summed E-state index contributed by atoms with van der Waals surface area (Å²) in [5, 5.41) is 1.38. The number of anilines is 1. The van der Waals surface area contributed by atoms with Crippen LogP contribution in [0.2, 0.25) is 5.02 Å². The number of hydrogen-bond donors (Lipinski definition) is 0. The molecule has 136 valence electrons. The van der Waals surface area contributed by atoms with Gasteiger partial charge in [-0.3, -0.25) is 0 Å². The molecule has 26 heavy (non-hydrogen) atoms. The van der Waals surface area contributed by atoms with Crippen LogP contribution in [0.1, 0.15) is 16.1 Å². The Hall–Kier alpha value is -2.05. The van der Waals surface area contributed by atoms with Gasteiger partial charge in [-0.2, -0.15) is 13.2 Å². The second kappa shape index (κ2) is 7.29. The molecule has 0 saturated heterocycles. The van der Waals surface area contributed by atoms with Gasteiger partial charge in [0.25, 0.3) is 0 Å². The Kier molecular flexibility index (Phi) is 5.25. The van der Waals surface area contributed by atoms with Crippen LogP contribution in [-0.2, 0) is 12.7 Å². The Morgan fingerprint density at radius 2 is 1.81 bits per heavy atom. The van der Waals surface area contributed by atoms with Crippen molar-refractivity contribution in [3.8, 4) is 10.6 Å². The molecular weight excluding hydrogens is 381 g/mol. The average Bonchev–Trinajstić information content (AvgIpc) is 2.95. The number of rotatable bonds is 4. The van der Waals surface area contributed by atoms with E-state index < -0.39 is 11.7 Å². The molecule has 0 atom stereocenters. The van der Waals surface area contributed by atoms with E-state index in [-0.39, 0.29) is 0 Å². The predicted molar refractivity (Wildman–Crippen MR) is 101 cm³/mol. The monoisotopic (exact) mass is 396 g/mol. The number of thiazole rings is 1. The van der Waals surface area contributed by atoms with E-state index in [4.69, 9.17) is 11.6 Å². The summed E-state index contributed by atoms with van der Waals surface area (Å²) in [6.07, 6.45) is -4.33. The van der Waals surface area contributed by atoms with Crippen molar-refractivity contribution in [1.82, 2.24) is 4.98 Å². The minimum atomic E-state index is -4.33. The highest BCUT2D eigenvalue weighted by Crippen LogP contribution is 2.33. The van der Waals surface area contributed by atoms with Crippen molar-refractivity contribution in [2.24, 2.45) is 0 Å². The number of hydrogen-bond acceptors (Lipinski definition) is 3. The van der Waals surface area contributed by atoms with Crippen molar-refractivity contribution in [2.45, 2.75) is 19.6 Å². The molecule has 1 aromatic heterocycles. The van der Waals surface area contributed by atoms with Crippen LogP contribution in [0.3, 0.4) is 0 Å². The van der Waals surface area contributed by atoms with Gasteiger partial charge in [0.05, 0.1) is 17.8 Å². The van der Waals surface area contributed by atoms with Crippen LogP contribution in [0.25, 0.3) is 10.6 Å². The van der Waals surface area contributed by atoms with Crippen LogP contribution in [-0.4, -0.2) is 12.0 Å². The lowest BCUT2D eigenvalue weighted by Crippen LogP contribution is -2.15. The molecular formula is C19H16ClF3N2S. The molecule has 0 fully saturated rings. The predicted octanol–water partition coefficient (Wildman–Crippen LogP) is 6.43. The van der Waals surface area contributed by atoms with E-state index >= 15 is 0 Å². The minimum Gasteiger partial charge on any atom is -0.369 e. The maximum atomic E-state index is 12.7. The standard InChI is InChI=1S/C19H16ClF3N2S/c1-12-17(11-25(2)16-5-3-4-15(20)10-16)26-18(24-12)13-6-8-14(9-7-13)19(21,22)23/h3-10H,11H2,1-2H3. The highest BCUT2D eigenvalue weighted by Gasteiger charge is 2.30. The molecule has 0 amide bonds. The van der Waals surface area contributed by atoms with Crippen molar-refractivity contribution in [2.75, 3.05) is 11.9 Å². The summed E-state index contributed by atoms with van der Waals surface area (Å²) in [7, 11) is 1.96. The van der Waals surface area contributed by atoms with E-state index in [2.05, 4.69) is 9.88 Å². The van der Waals surface area contributed by atoms with E-state index in [0.29, 0.717) is 22.1 Å². The first kappa shape index (κ1) is 18.7. The molecule has 0 radical (unpaired) electrons. The highest BCUT2D eigenvalue weighted by atomic mass is 35.5. The van der Waals surface area contributed by atoms with Gasteiger partial charge in [0.15, 0.2) is 0 Å². The van der Waals surface area contributed by atoms with E-state index in [1.54, 1.807) is 0 Å². The lowest BCUT2D eigenvalue weighted by Gasteiger charge is -2.18. The van der Waals surface area contributed by atoms with Crippen molar-refractivity contribution in [3.05, 3.63) is 69.7 Å². The van der Waals surface area contributed by atoms with Crippen molar-refractivity contribution in [3.63, 3.8) is 0 Å². The molecule has 0 bridgehead atoms. The third-order valence-corrected chi connectivity index (χ3v) is 5.41. The molecule has 0 N–H and O–H groups in total. The van der Waals surface area contributed by atoms with Gasteiger partial charge in [0.1, 0.15) is 5.01 Å². The van der Waals surface area contributed by atoms with Crippen molar-refractivity contribution >= 4 is 28.6 Å². The zero-order valence-corrected chi connectivity index (χ0v) is 15.7. The fraction of sp³-hybridized carbons (Fsp3) is 0.211. The summed E-state index contributed by atoms with van der Waals surface area (Å²) < 4.78 is 38.1. The zero-order valence-electron chi connectivity index (χ0n) is 14.1. The average molecular weight is 397 g/mol. The van der Waals surface area contributed by atoms with Gasteiger partial charge in [-0.15, -0.1) is 11.3 Å². The van der Waals surface area contributed by atoms with E-state index in [0.717, 1.165) is 28.4 Å². The lowest BCUT2D eigenvalue weighted by molar-refractivity contribution is -0.137. The SMILES string of the molecule is Cc1nc(-c2ccc(C(F)(F)F)cc2)sc1CN(C)c1cccc(Cl)c1. The highest BCUT2D eigenvalue weighted by molar-refractivity contribution is 7.15. The Morgan fingerprint density at radius 1 is 1.12 bits per heavy atom. The topological polar surface area (TPSA) is 16.1 Å². The molecule has 1 heterocycles. The van der Waals surface area contributed by atoms with Gasteiger partial charge in [0, 0.05) is 28.2 Å². The molecule has 0 aliphatic rings. The van der Waals surface area contributed by atoms with E-state index in [1.165, 1.54) is 23.5 Å². The second-order valence-electron chi connectivity index (χ2n) is 5.94. The quantitative estimate of drug-likeness (QED) is 0.505. The summed E-state index contributed by atoms with van der Waals surface area (Å²) in [5.41, 5.74) is 1.89. The largest absolute Gasteiger partial charge is 0.416 e. The maximum Gasteiger partial charge on any atom is 0.416 e. The number of halogens is 4. The second-order valence-corrected chi connectivity index (χ2v) is 7.46. The van der Waals surface area contributed by atoms with Crippen molar-refractivity contribution < 1.29 is 13.2 Å². The van der Waals surface area contributed by atoms with Crippen LogP contribution in [0.15, 0.2) is 48.5 Å². The van der Waals surface area contributed by atoms with Gasteiger partial charge in [-0.25, -0.2) is 4.98 Å². The van der Waals surface area contributed by atoms with Crippen molar-refractivity contribution in [1.29, 1.82) is 0 Å². The molecule has 0 unspecified atom stereocenters. The summed E-state index contributed by atoms with van der Waals surface area (Å²) in [6.45, 7) is 2.55. The number of nitrogens with zero attached hydrogens (tertiary/aromatic N) is 2. The Balaban J connectivity index is 1.81. The molecule has 3 rings (SSSR count). The third-order valence-electron chi connectivity index (χ3n) is 3.98. The number of benzene rings is 2. The maximum absolute atomic E-state index is 12.7. The van der Waals surface area contributed by atoms with Crippen LogP contribution >= 0.6 is 22.9 Å². The minimum absolute atomic E-state index is 0.643. The first-order valence-corrected chi connectivity index (χ1v) is 9.04. The van der Waals surface area contributed by atoms with E-state index in [9.17, 15) is 13.2 Å². The molecule has 0 aliphatic carbocycles. The molecule has 2 nitrogen and oxygen atoms in total. The Morgan fingerprint density at radius 3 is 2.42 bits per heavy atom. The van der Waals surface area contributed by atoms with Crippen LogP contribution in [0.4, 0.5) is 18.9 Å². The normalized spacial score (nSPS) is 11.6. The fourth-order valence-electron chi connectivity index (χ4n) is 2.52. The van der Waals surface area contributed by atoms with Gasteiger partial charge >= 0.3 is 6.18 Å². The van der Waals surface area contributed by atoms with Crippen LogP contribution < -0.4 is 4.90 Å². The molecule has 3 aromatic rings. The third kappa shape index (κ3) is 4.19. The van der Waals surface area contributed by atoms with Crippen LogP contribution in [0, 0.1) is 6.92 Å². The summed E-state index contributed by atoms with van der Waals surface area (Å²) in [4.78, 5) is 7.64. The smallest absolute Gasteiger partial charge is 0.369 e. The van der Waals surface area contributed by atoms with Gasteiger partial charge in [-0.1, -0.05) is 29.8 Å². The van der Waals surface area contributed by atoms with Crippen LogP contribution in [0.5, 0.6) is 0 Å².